The Morgan fingerprint density at radius 1 is 1.07 bits per heavy atom. The van der Waals surface area contributed by atoms with Crippen molar-refractivity contribution >= 4 is 28.2 Å². The van der Waals surface area contributed by atoms with Gasteiger partial charge in [0.2, 0.25) is 0 Å². The summed E-state index contributed by atoms with van der Waals surface area (Å²) in [6.07, 6.45) is 2.90. The predicted molar refractivity (Wildman–Crippen MR) is 126 cm³/mol. The average molecular weight is 427 g/mol. The highest BCUT2D eigenvalue weighted by molar-refractivity contribution is 7.17. The first-order valence-electron chi connectivity index (χ1n) is 10.7. The molecule has 4 nitrogen and oxygen atoms in total. The van der Waals surface area contributed by atoms with E-state index >= 15 is 0 Å². The van der Waals surface area contributed by atoms with Gasteiger partial charge in [-0.05, 0) is 76.0 Å². The Kier molecular flexibility index (Phi) is 6.15. The van der Waals surface area contributed by atoms with Gasteiger partial charge in [0, 0.05) is 16.0 Å². The molecule has 1 aromatic heterocycles. The highest BCUT2D eigenvalue weighted by atomic mass is 32.1. The van der Waals surface area contributed by atoms with Gasteiger partial charge in [0.15, 0.2) is 0 Å². The van der Waals surface area contributed by atoms with E-state index in [1.54, 1.807) is 17.4 Å². The zero-order chi connectivity index (χ0) is 22.3. The summed E-state index contributed by atoms with van der Waals surface area (Å²) in [5.74, 6) is 0.297. The van der Waals surface area contributed by atoms with E-state index in [0.29, 0.717) is 22.0 Å². The molecule has 162 valence electrons. The molecule has 0 fully saturated rings. The van der Waals surface area contributed by atoms with Crippen LogP contribution in [0.2, 0.25) is 0 Å². The van der Waals surface area contributed by atoms with E-state index in [4.69, 9.17) is 0 Å². The maximum absolute atomic E-state index is 13.2. The fourth-order valence-corrected chi connectivity index (χ4v) is 5.34. The molecule has 0 radical (unpaired) electrons. The first-order valence-corrected chi connectivity index (χ1v) is 11.5. The van der Waals surface area contributed by atoms with Gasteiger partial charge in [-0.1, -0.05) is 38.5 Å². The lowest BCUT2D eigenvalue weighted by Crippen LogP contribution is -2.41. The lowest BCUT2D eigenvalue weighted by atomic mass is 9.72. The van der Waals surface area contributed by atoms with E-state index in [1.807, 2.05) is 45.9 Å². The van der Waals surface area contributed by atoms with Crippen LogP contribution in [0.1, 0.15) is 84.7 Å². The number of thiophene rings is 1. The van der Waals surface area contributed by atoms with Gasteiger partial charge in [0.25, 0.3) is 11.8 Å². The third kappa shape index (κ3) is 5.12. The van der Waals surface area contributed by atoms with Gasteiger partial charge >= 0.3 is 0 Å². The number of carbonyl (C=O) groups is 2. The Hall–Kier alpha value is -2.14. The van der Waals surface area contributed by atoms with Crippen molar-refractivity contribution in [3.63, 3.8) is 0 Å². The number of anilines is 1. The maximum atomic E-state index is 13.2. The molecule has 0 aliphatic heterocycles. The van der Waals surface area contributed by atoms with Gasteiger partial charge in [0.05, 0.1) is 5.56 Å². The molecular weight excluding hydrogens is 392 g/mol. The lowest BCUT2D eigenvalue weighted by molar-refractivity contribution is 0.0919. The van der Waals surface area contributed by atoms with E-state index in [1.165, 1.54) is 4.88 Å². The van der Waals surface area contributed by atoms with Gasteiger partial charge in [-0.2, -0.15) is 0 Å². The molecule has 2 aromatic rings. The maximum Gasteiger partial charge on any atom is 0.256 e. The Bertz CT molecular complexity index is 961. The molecule has 5 heteroatoms. The number of hydrogen-bond donors (Lipinski definition) is 2. The van der Waals surface area contributed by atoms with Crippen LogP contribution in [0.25, 0.3) is 0 Å². The second-order valence-electron chi connectivity index (χ2n) is 10.5. The second kappa shape index (κ2) is 8.18. The molecule has 0 saturated carbocycles. The smallest absolute Gasteiger partial charge is 0.256 e. The summed E-state index contributed by atoms with van der Waals surface area (Å²) in [6, 6.07) is 7.52. The summed E-state index contributed by atoms with van der Waals surface area (Å²) in [4.78, 5) is 27.4. The van der Waals surface area contributed by atoms with Gasteiger partial charge in [0.1, 0.15) is 5.00 Å². The summed E-state index contributed by atoms with van der Waals surface area (Å²) in [6.45, 7) is 14.7. The molecule has 1 aliphatic carbocycles. The molecule has 0 unspecified atom stereocenters. The number of aryl methyl sites for hydroxylation is 1. The SMILES string of the molecule is Cc1cccc(C(=O)Nc2sc3c(c2C(=O)NC(C)(C)C)CC[C@H](C(C)(C)C)C3)c1. The number of rotatable bonds is 3. The summed E-state index contributed by atoms with van der Waals surface area (Å²) in [5, 5.41) is 6.81. The Labute approximate surface area is 184 Å². The van der Waals surface area contributed by atoms with Crippen LogP contribution in [0.5, 0.6) is 0 Å². The molecule has 3 rings (SSSR count). The quantitative estimate of drug-likeness (QED) is 0.633. The van der Waals surface area contributed by atoms with Crippen molar-refractivity contribution in [3.8, 4) is 0 Å². The predicted octanol–water partition coefficient (Wildman–Crippen LogP) is 5.99. The van der Waals surface area contributed by atoms with Crippen LogP contribution in [0.15, 0.2) is 24.3 Å². The zero-order valence-corrected chi connectivity index (χ0v) is 20.0. The fraction of sp³-hybridized carbons (Fsp3) is 0.520. The van der Waals surface area contributed by atoms with Crippen LogP contribution >= 0.6 is 11.3 Å². The molecule has 1 atom stereocenters. The monoisotopic (exact) mass is 426 g/mol. The van der Waals surface area contributed by atoms with Gasteiger partial charge in [-0.15, -0.1) is 11.3 Å². The summed E-state index contributed by atoms with van der Waals surface area (Å²) in [7, 11) is 0. The van der Waals surface area contributed by atoms with Crippen molar-refractivity contribution in [3.05, 3.63) is 51.4 Å². The minimum atomic E-state index is -0.341. The first-order chi connectivity index (χ1) is 13.8. The molecule has 30 heavy (non-hydrogen) atoms. The molecule has 0 saturated heterocycles. The van der Waals surface area contributed by atoms with Crippen molar-refractivity contribution in [2.75, 3.05) is 5.32 Å². The second-order valence-corrected chi connectivity index (χ2v) is 11.6. The van der Waals surface area contributed by atoms with Crippen molar-refractivity contribution in [1.29, 1.82) is 0 Å². The van der Waals surface area contributed by atoms with Crippen molar-refractivity contribution in [2.24, 2.45) is 11.3 Å². The van der Waals surface area contributed by atoms with Crippen LogP contribution in [0.3, 0.4) is 0 Å². The van der Waals surface area contributed by atoms with Crippen LogP contribution in [-0.4, -0.2) is 17.4 Å². The largest absolute Gasteiger partial charge is 0.347 e. The number of carbonyl (C=O) groups excluding carboxylic acids is 2. The van der Waals surface area contributed by atoms with Crippen LogP contribution < -0.4 is 10.6 Å². The normalized spacial score (nSPS) is 16.7. The van der Waals surface area contributed by atoms with Gasteiger partial charge in [-0.3, -0.25) is 9.59 Å². The third-order valence-electron chi connectivity index (χ3n) is 5.71. The minimum Gasteiger partial charge on any atom is -0.347 e. The molecular formula is C25H34N2O2S. The number of amides is 2. The van der Waals surface area contributed by atoms with Crippen molar-refractivity contribution in [1.82, 2.24) is 5.32 Å². The van der Waals surface area contributed by atoms with E-state index < -0.39 is 0 Å². The lowest BCUT2D eigenvalue weighted by Gasteiger charge is -2.34. The van der Waals surface area contributed by atoms with Crippen LogP contribution in [0, 0.1) is 18.3 Å². The molecule has 2 N–H and O–H groups in total. The standard InChI is InChI=1S/C25H34N2O2S/c1-15-9-8-10-16(13-15)21(28)26-23-20(22(29)27-25(5,6)7)18-12-11-17(24(2,3)4)14-19(18)30-23/h8-10,13,17H,11-12,14H2,1-7H3,(H,26,28)(H,27,29)/t17-/m0/s1. The van der Waals surface area contributed by atoms with Crippen LogP contribution in [-0.2, 0) is 12.8 Å². The average Bonchev–Trinajstić information content (AvgIpc) is 2.96. The number of nitrogens with one attached hydrogen (secondary N) is 2. The van der Waals surface area contributed by atoms with Gasteiger partial charge in [-0.25, -0.2) is 0 Å². The van der Waals surface area contributed by atoms with Gasteiger partial charge < -0.3 is 10.6 Å². The first kappa shape index (κ1) is 22.5. The van der Waals surface area contributed by atoms with E-state index in [9.17, 15) is 9.59 Å². The zero-order valence-electron chi connectivity index (χ0n) is 19.2. The van der Waals surface area contributed by atoms with Crippen molar-refractivity contribution in [2.45, 2.75) is 73.3 Å². The molecule has 1 aromatic carbocycles. The highest BCUT2D eigenvalue weighted by Crippen LogP contribution is 2.44. The van der Waals surface area contributed by atoms with E-state index in [2.05, 4.69) is 31.4 Å². The number of benzene rings is 1. The molecule has 0 spiro atoms. The number of fused-ring (bicyclic) bond motifs is 1. The van der Waals surface area contributed by atoms with Crippen LogP contribution in [0.4, 0.5) is 5.00 Å². The van der Waals surface area contributed by atoms with E-state index in [-0.39, 0.29) is 22.8 Å². The van der Waals surface area contributed by atoms with E-state index in [0.717, 1.165) is 30.4 Å². The summed E-state index contributed by atoms with van der Waals surface area (Å²) >= 11 is 1.57. The fourth-order valence-electron chi connectivity index (χ4n) is 4.02. The highest BCUT2D eigenvalue weighted by Gasteiger charge is 2.34. The Morgan fingerprint density at radius 2 is 1.77 bits per heavy atom. The number of hydrogen-bond acceptors (Lipinski definition) is 3. The summed E-state index contributed by atoms with van der Waals surface area (Å²) in [5.41, 5.74) is 3.29. The Morgan fingerprint density at radius 3 is 2.37 bits per heavy atom. The third-order valence-corrected chi connectivity index (χ3v) is 6.88. The molecule has 2 amide bonds. The minimum absolute atomic E-state index is 0.103. The summed E-state index contributed by atoms with van der Waals surface area (Å²) < 4.78 is 0. The van der Waals surface area contributed by atoms with Crippen molar-refractivity contribution < 1.29 is 9.59 Å². The topological polar surface area (TPSA) is 58.2 Å². The molecule has 0 bridgehead atoms. The Balaban J connectivity index is 1.98. The molecule has 1 aliphatic rings. The molecule has 1 heterocycles.